The van der Waals surface area contributed by atoms with Crippen molar-refractivity contribution in [2.24, 2.45) is 5.73 Å². The lowest BCUT2D eigenvalue weighted by Gasteiger charge is -2.14. The predicted octanol–water partition coefficient (Wildman–Crippen LogP) is 3.28. The Hall–Kier alpha value is -1.42. The zero-order chi connectivity index (χ0) is 14.4. The number of benzene rings is 2. The van der Waals surface area contributed by atoms with Crippen LogP contribution in [0.2, 0.25) is 0 Å². The van der Waals surface area contributed by atoms with Gasteiger partial charge in [0, 0.05) is 0 Å². The molecule has 1 unspecified atom stereocenters. The molecule has 0 radical (unpaired) electrons. The Morgan fingerprint density at radius 3 is 2.50 bits per heavy atom. The number of hydrogen-bond donors (Lipinski definition) is 1. The third-order valence-corrected chi connectivity index (χ3v) is 3.18. The van der Waals surface area contributed by atoms with Gasteiger partial charge in [0.1, 0.15) is 0 Å². The predicted molar refractivity (Wildman–Crippen MR) is 82.8 cm³/mol. The summed E-state index contributed by atoms with van der Waals surface area (Å²) in [5, 5.41) is 2.44. The smallest absolute Gasteiger partial charge is 0.0703 e. The fourth-order valence-electron chi connectivity index (χ4n) is 2.09. The van der Waals surface area contributed by atoms with E-state index in [-0.39, 0.29) is 12.1 Å². The van der Waals surface area contributed by atoms with Crippen LogP contribution in [-0.4, -0.2) is 25.9 Å². The van der Waals surface area contributed by atoms with Crippen LogP contribution in [0.5, 0.6) is 0 Å². The van der Waals surface area contributed by atoms with E-state index >= 15 is 0 Å². The second-order valence-corrected chi connectivity index (χ2v) is 5.21. The van der Waals surface area contributed by atoms with Gasteiger partial charge in [0.2, 0.25) is 0 Å². The van der Waals surface area contributed by atoms with E-state index in [1.165, 1.54) is 10.8 Å². The first-order valence-electron chi connectivity index (χ1n) is 7.10. The first-order chi connectivity index (χ1) is 9.66. The van der Waals surface area contributed by atoms with Crippen molar-refractivity contribution in [3.05, 3.63) is 48.0 Å². The summed E-state index contributed by atoms with van der Waals surface area (Å²) < 4.78 is 11.0. The summed E-state index contributed by atoms with van der Waals surface area (Å²) in [7, 11) is 0. The van der Waals surface area contributed by atoms with Crippen LogP contribution in [-0.2, 0) is 9.47 Å². The van der Waals surface area contributed by atoms with Crippen LogP contribution in [0, 0.1) is 0 Å². The highest BCUT2D eigenvalue weighted by Crippen LogP contribution is 2.19. The SMILES string of the molecule is CC(C)OCCOCC(N)c1ccc2ccccc2c1. The van der Waals surface area contributed by atoms with Crippen LogP contribution in [0.15, 0.2) is 42.5 Å². The van der Waals surface area contributed by atoms with Gasteiger partial charge >= 0.3 is 0 Å². The Kier molecular flexibility index (Phi) is 5.53. The summed E-state index contributed by atoms with van der Waals surface area (Å²) >= 11 is 0. The molecule has 2 aromatic carbocycles. The van der Waals surface area contributed by atoms with Crippen LogP contribution in [0.4, 0.5) is 0 Å². The van der Waals surface area contributed by atoms with Gasteiger partial charge in [0.05, 0.1) is 32.0 Å². The van der Waals surface area contributed by atoms with Crippen molar-refractivity contribution < 1.29 is 9.47 Å². The summed E-state index contributed by atoms with van der Waals surface area (Å²) in [6.07, 6.45) is 0.243. The maximum Gasteiger partial charge on any atom is 0.0703 e. The number of fused-ring (bicyclic) bond motifs is 1. The topological polar surface area (TPSA) is 44.5 Å². The molecular weight excluding hydrogens is 250 g/mol. The highest BCUT2D eigenvalue weighted by Gasteiger charge is 2.07. The molecular formula is C17H23NO2. The lowest BCUT2D eigenvalue weighted by Crippen LogP contribution is -2.19. The Morgan fingerprint density at radius 2 is 1.75 bits per heavy atom. The summed E-state index contributed by atoms with van der Waals surface area (Å²) in [6.45, 7) is 5.74. The van der Waals surface area contributed by atoms with Gasteiger partial charge in [-0.25, -0.2) is 0 Å². The van der Waals surface area contributed by atoms with E-state index in [0.29, 0.717) is 19.8 Å². The normalized spacial score (nSPS) is 13.0. The fourth-order valence-corrected chi connectivity index (χ4v) is 2.09. The summed E-state index contributed by atoms with van der Waals surface area (Å²) in [4.78, 5) is 0. The molecule has 2 rings (SSSR count). The van der Waals surface area contributed by atoms with E-state index < -0.39 is 0 Å². The lowest BCUT2D eigenvalue weighted by atomic mass is 10.0. The average Bonchev–Trinajstić information content (AvgIpc) is 2.46. The largest absolute Gasteiger partial charge is 0.377 e. The molecule has 3 nitrogen and oxygen atoms in total. The van der Waals surface area contributed by atoms with Crippen LogP contribution < -0.4 is 5.73 Å². The fraction of sp³-hybridized carbons (Fsp3) is 0.412. The van der Waals surface area contributed by atoms with E-state index in [2.05, 4.69) is 30.3 Å². The molecule has 0 fully saturated rings. The van der Waals surface area contributed by atoms with Crippen molar-refractivity contribution in [3.8, 4) is 0 Å². The first-order valence-corrected chi connectivity index (χ1v) is 7.10. The highest BCUT2D eigenvalue weighted by atomic mass is 16.5. The number of rotatable bonds is 7. The molecule has 2 aromatic rings. The average molecular weight is 273 g/mol. The van der Waals surface area contributed by atoms with Crippen molar-refractivity contribution in [2.75, 3.05) is 19.8 Å². The maximum absolute atomic E-state index is 6.16. The second-order valence-electron chi connectivity index (χ2n) is 5.21. The second kappa shape index (κ2) is 7.39. The van der Waals surface area contributed by atoms with Crippen LogP contribution in [0.1, 0.15) is 25.5 Å². The quantitative estimate of drug-likeness (QED) is 0.787. The molecule has 108 valence electrons. The zero-order valence-corrected chi connectivity index (χ0v) is 12.2. The van der Waals surface area contributed by atoms with E-state index in [1.807, 2.05) is 26.0 Å². The Labute approximate surface area is 120 Å². The Balaban J connectivity index is 1.86. The van der Waals surface area contributed by atoms with E-state index in [0.717, 1.165) is 5.56 Å². The standard InChI is InChI=1S/C17H23NO2/c1-13(2)20-10-9-19-12-17(18)16-8-7-14-5-3-4-6-15(14)11-16/h3-8,11,13,17H,9-10,12,18H2,1-2H3. The number of nitrogens with two attached hydrogens (primary N) is 1. The molecule has 20 heavy (non-hydrogen) atoms. The third kappa shape index (κ3) is 4.30. The van der Waals surface area contributed by atoms with Gasteiger partial charge in [-0.05, 0) is 36.2 Å². The van der Waals surface area contributed by atoms with Crippen molar-refractivity contribution in [1.29, 1.82) is 0 Å². The summed E-state index contributed by atoms with van der Waals surface area (Å²) in [5.74, 6) is 0. The van der Waals surface area contributed by atoms with Crippen LogP contribution in [0.25, 0.3) is 10.8 Å². The molecule has 0 saturated heterocycles. The number of ether oxygens (including phenoxy) is 2. The molecule has 2 N–H and O–H groups in total. The van der Waals surface area contributed by atoms with Gasteiger partial charge in [-0.1, -0.05) is 36.4 Å². The van der Waals surface area contributed by atoms with Crippen molar-refractivity contribution in [3.63, 3.8) is 0 Å². The molecule has 0 saturated carbocycles. The molecule has 0 spiro atoms. The first kappa shape index (κ1) is 15.0. The Bertz CT molecular complexity index is 539. The van der Waals surface area contributed by atoms with Gasteiger partial charge in [-0.2, -0.15) is 0 Å². The minimum absolute atomic E-state index is 0.0985. The molecule has 0 bridgehead atoms. The molecule has 0 aliphatic carbocycles. The van der Waals surface area contributed by atoms with Gasteiger partial charge in [0.25, 0.3) is 0 Å². The molecule has 1 atom stereocenters. The van der Waals surface area contributed by atoms with Gasteiger partial charge in [0.15, 0.2) is 0 Å². The van der Waals surface area contributed by atoms with Gasteiger partial charge in [-0.3, -0.25) is 0 Å². The zero-order valence-electron chi connectivity index (χ0n) is 12.2. The summed E-state index contributed by atoms with van der Waals surface area (Å²) in [5.41, 5.74) is 7.27. The van der Waals surface area contributed by atoms with E-state index in [9.17, 15) is 0 Å². The lowest BCUT2D eigenvalue weighted by molar-refractivity contribution is 0.0161. The third-order valence-electron chi connectivity index (χ3n) is 3.18. The van der Waals surface area contributed by atoms with Crippen molar-refractivity contribution >= 4 is 10.8 Å². The summed E-state index contributed by atoms with van der Waals surface area (Å²) in [6, 6.07) is 14.5. The molecule has 0 aromatic heterocycles. The molecule has 0 amide bonds. The molecule has 3 heteroatoms. The van der Waals surface area contributed by atoms with E-state index in [4.69, 9.17) is 15.2 Å². The van der Waals surface area contributed by atoms with Gasteiger partial charge in [-0.15, -0.1) is 0 Å². The Morgan fingerprint density at radius 1 is 1.00 bits per heavy atom. The minimum Gasteiger partial charge on any atom is -0.377 e. The maximum atomic E-state index is 6.16. The molecule has 0 aliphatic heterocycles. The van der Waals surface area contributed by atoms with Crippen LogP contribution in [0.3, 0.4) is 0 Å². The minimum atomic E-state index is -0.0985. The van der Waals surface area contributed by atoms with Crippen molar-refractivity contribution in [2.45, 2.75) is 26.0 Å². The molecule has 0 heterocycles. The molecule has 0 aliphatic rings. The van der Waals surface area contributed by atoms with Crippen molar-refractivity contribution in [1.82, 2.24) is 0 Å². The number of hydrogen-bond acceptors (Lipinski definition) is 3. The van der Waals surface area contributed by atoms with E-state index in [1.54, 1.807) is 0 Å². The van der Waals surface area contributed by atoms with Gasteiger partial charge < -0.3 is 15.2 Å². The van der Waals surface area contributed by atoms with Crippen LogP contribution >= 0.6 is 0 Å². The highest BCUT2D eigenvalue weighted by molar-refractivity contribution is 5.83. The monoisotopic (exact) mass is 273 g/mol.